The number of nitrogens with one attached hydrogen (secondary N) is 1. The summed E-state index contributed by atoms with van der Waals surface area (Å²) in [7, 11) is 1.55. The summed E-state index contributed by atoms with van der Waals surface area (Å²) in [4.78, 5) is 0. The number of ether oxygens (including phenoxy) is 1. The smallest absolute Gasteiger partial charge is 0.131 e. The quantitative estimate of drug-likeness (QED) is 0.834. The zero-order valence-corrected chi connectivity index (χ0v) is 11.9. The van der Waals surface area contributed by atoms with E-state index >= 15 is 0 Å². The minimum atomic E-state index is -0.186. The second-order valence-electron chi connectivity index (χ2n) is 5.65. The van der Waals surface area contributed by atoms with Crippen LogP contribution in [0.4, 0.5) is 4.39 Å². The molecule has 2 unspecified atom stereocenters. The molecule has 0 aromatic heterocycles. The highest BCUT2D eigenvalue weighted by molar-refractivity contribution is 5.28. The summed E-state index contributed by atoms with van der Waals surface area (Å²) in [5, 5.41) is 3.50. The molecule has 2 nitrogen and oxygen atoms in total. The van der Waals surface area contributed by atoms with E-state index in [2.05, 4.69) is 12.2 Å². The number of hydrogen-bond donors (Lipinski definition) is 1. The van der Waals surface area contributed by atoms with Crippen LogP contribution in [0.5, 0.6) is 5.75 Å². The first kappa shape index (κ1) is 14.3. The van der Waals surface area contributed by atoms with E-state index in [1.165, 1.54) is 38.2 Å². The molecule has 0 spiro atoms. The summed E-state index contributed by atoms with van der Waals surface area (Å²) >= 11 is 0. The van der Waals surface area contributed by atoms with Gasteiger partial charge in [0.05, 0.1) is 7.11 Å². The highest BCUT2D eigenvalue weighted by Gasteiger charge is 2.16. The Morgan fingerprint density at radius 1 is 1.26 bits per heavy atom. The summed E-state index contributed by atoms with van der Waals surface area (Å²) in [6.07, 6.45) is 6.31. The molecule has 2 atom stereocenters. The normalized spacial score (nSPS) is 23.9. The maximum atomic E-state index is 13.8. The van der Waals surface area contributed by atoms with Crippen LogP contribution in [0.25, 0.3) is 0 Å². The Kier molecular flexibility index (Phi) is 5.20. The molecule has 0 bridgehead atoms. The van der Waals surface area contributed by atoms with Crippen LogP contribution in [-0.4, -0.2) is 13.2 Å². The fourth-order valence-corrected chi connectivity index (χ4v) is 2.74. The predicted molar refractivity (Wildman–Crippen MR) is 75.8 cm³/mol. The lowest BCUT2D eigenvalue weighted by molar-refractivity contribution is 0.409. The fourth-order valence-electron chi connectivity index (χ4n) is 2.74. The number of rotatable bonds is 4. The van der Waals surface area contributed by atoms with Gasteiger partial charge >= 0.3 is 0 Å². The molecule has 106 valence electrons. The van der Waals surface area contributed by atoms with Crippen LogP contribution in [0.3, 0.4) is 0 Å². The Labute approximate surface area is 115 Å². The van der Waals surface area contributed by atoms with E-state index in [4.69, 9.17) is 4.74 Å². The predicted octanol–water partition coefficient (Wildman–Crippen LogP) is 3.89. The van der Waals surface area contributed by atoms with Gasteiger partial charge in [0.15, 0.2) is 0 Å². The number of hydrogen-bond acceptors (Lipinski definition) is 2. The lowest BCUT2D eigenvalue weighted by Gasteiger charge is -2.17. The molecule has 1 saturated carbocycles. The Morgan fingerprint density at radius 3 is 2.84 bits per heavy atom. The van der Waals surface area contributed by atoms with Crippen molar-refractivity contribution in [3.8, 4) is 5.75 Å². The largest absolute Gasteiger partial charge is 0.497 e. The SMILES string of the molecule is COc1ccc(CNC2CCCC(C)CC2)c(F)c1. The van der Waals surface area contributed by atoms with Crippen molar-refractivity contribution in [1.29, 1.82) is 0 Å². The second-order valence-corrected chi connectivity index (χ2v) is 5.65. The molecule has 1 aromatic carbocycles. The molecule has 0 amide bonds. The lowest BCUT2D eigenvalue weighted by Crippen LogP contribution is -2.28. The zero-order valence-electron chi connectivity index (χ0n) is 11.9. The second kappa shape index (κ2) is 6.90. The molecule has 0 saturated heterocycles. The molecule has 1 fully saturated rings. The highest BCUT2D eigenvalue weighted by Crippen LogP contribution is 2.23. The van der Waals surface area contributed by atoms with Gasteiger partial charge in [-0.15, -0.1) is 0 Å². The third-order valence-corrected chi connectivity index (χ3v) is 4.10. The first-order valence-electron chi connectivity index (χ1n) is 7.25. The zero-order chi connectivity index (χ0) is 13.7. The van der Waals surface area contributed by atoms with Gasteiger partial charge in [-0.3, -0.25) is 0 Å². The molecule has 0 radical (unpaired) electrons. The van der Waals surface area contributed by atoms with Gasteiger partial charge in [0.2, 0.25) is 0 Å². The minimum absolute atomic E-state index is 0.186. The third kappa shape index (κ3) is 4.20. The summed E-state index contributed by atoms with van der Waals surface area (Å²) < 4.78 is 18.8. The monoisotopic (exact) mass is 265 g/mol. The van der Waals surface area contributed by atoms with E-state index in [0.29, 0.717) is 18.3 Å². The van der Waals surface area contributed by atoms with Crippen molar-refractivity contribution in [3.05, 3.63) is 29.6 Å². The van der Waals surface area contributed by atoms with Crippen LogP contribution in [0.2, 0.25) is 0 Å². The van der Waals surface area contributed by atoms with Crippen LogP contribution < -0.4 is 10.1 Å². The molecule has 1 aliphatic carbocycles. The van der Waals surface area contributed by atoms with Gasteiger partial charge in [0, 0.05) is 24.2 Å². The maximum Gasteiger partial charge on any atom is 0.131 e. The first-order chi connectivity index (χ1) is 9.19. The summed E-state index contributed by atoms with van der Waals surface area (Å²) in [5.74, 6) is 1.22. The van der Waals surface area contributed by atoms with Crippen molar-refractivity contribution in [1.82, 2.24) is 5.32 Å². The van der Waals surface area contributed by atoms with Crippen LogP contribution in [-0.2, 0) is 6.54 Å². The number of halogens is 1. The number of methoxy groups -OCH3 is 1. The highest BCUT2D eigenvalue weighted by atomic mass is 19.1. The van der Waals surface area contributed by atoms with Gasteiger partial charge in [-0.25, -0.2) is 4.39 Å². The van der Waals surface area contributed by atoms with Crippen LogP contribution in [0, 0.1) is 11.7 Å². The van der Waals surface area contributed by atoms with Crippen LogP contribution in [0.15, 0.2) is 18.2 Å². The van der Waals surface area contributed by atoms with E-state index in [1.807, 2.05) is 6.07 Å². The molecule has 3 heteroatoms. The molecule has 1 aliphatic rings. The van der Waals surface area contributed by atoms with Crippen molar-refractivity contribution in [2.75, 3.05) is 7.11 Å². The molecule has 2 rings (SSSR count). The van der Waals surface area contributed by atoms with Crippen LogP contribution >= 0.6 is 0 Å². The van der Waals surface area contributed by atoms with Gasteiger partial charge in [0.25, 0.3) is 0 Å². The summed E-state index contributed by atoms with van der Waals surface area (Å²) in [6.45, 7) is 2.93. The Balaban J connectivity index is 1.87. The van der Waals surface area contributed by atoms with Crippen molar-refractivity contribution in [2.24, 2.45) is 5.92 Å². The third-order valence-electron chi connectivity index (χ3n) is 4.10. The standard InChI is InChI=1S/C16H24FNO/c1-12-4-3-5-14(8-6-12)18-11-13-7-9-15(19-2)10-16(13)17/h7,9-10,12,14,18H,3-6,8,11H2,1-2H3. The van der Waals surface area contributed by atoms with E-state index in [-0.39, 0.29) is 5.82 Å². The fraction of sp³-hybridized carbons (Fsp3) is 0.625. The van der Waals surface area contributed by atoms with Gasteiger partial charge in [0.1, 0.15) is 11.6 Å². The molecule has 1 N–H and O–H groups in total. The molecule has 1 aromatic rings. The van der Waals surface area contributed by atoms with Crippen molar-refractivity contribution in [2.45, 2.75) is 51.6 Å². The van der Waals surface area contributed by atoms with E-state index in [9.17, 15) is 4.39 Å². The van der Waals surface area contributed by atoms with Gasteiger partial charge in [-0.1, -0.05) is 25.8 Å². The van der Waals surface area contributed by atoms with E-state index in [0.717, 1.165) is 11.5 Å². The topological polar surface area (TPSA) is 21.3 Å². The van der Waals surface area contributed by atoms with Crippen LogP contribution in [0.1, 0.15) is 44.6 Å². The summed E-state index contributed by atoms with van der Waals surface area (Å²) in [6, 6.07) is 5.61. The molecular formula is C16H24FNO. The molecule has 0 heterocycles. The van der Waals surface area contributed by atoms with Crippen molar-refractivity contribution in [3.63, 3.8) is 0 Å². The first-order valence-corrected chi connectivity index (χ1v) is 7.25. The summed E-state index contributed by atoms with van der Waals surface area (Å²) in [5.41, 5.74) is 0.720. The minimum Gasteiger partial charge on any atom is -0.497 e. The molecular weight excluding hydrogens is 241 g/mol. The Morgan fingerprint density at radius 2 is 2.11 bits per heavy atom. The maximum absolute atomic E-state index is 13.8. The van der Waals surface area contributed by atoms with Gasteiger partial charge in [-0.2, -0.15) is 0 Å². The van der Waals surface area contributed by atoms with Crippen molar-refractivity contribution < 1.29 is 9.13 Å². The number of benzene rings is 1. The van der Waals surface area contributed by atoms with Gasteiger partial charge < -0.3 is 10.1 Å². The Hall–Kier alpha value is -1.09. The average Bonchev–Trinajstić information content (AvgIpc) is 2.62. The lowest BCUT2D eigenvalue weighted by atomic mass is 10.0. The average molecular weight is 265 g/mol. The Bertz CT molecular complexity index is 408. The van der Waals surface area contributed by atoms with Gasteiger partial charge in [-0.05, 0) is 31.2 Å². The van der Waals surface area contributed by atoms with E-state index < -0.39 is 0 Å². The van der Waals surface area contributed by atoms with E-state index in [1.54, 1.807) is 13.2 Å². The molecule has 0 aliphatic heterocycles. The van der Waals surface area contributed by atoms with Crippen molar-refractivity contribution >= 4 is 0 Å². The molecule has 19 heavy (non-hydrogen) atoms.